The lowest BCUT2D eigenvalue weighted by Crippen LogP contribution is -2.48. The van der Waals surface area contributed by atoms with Crippen LogP contribution in [0, 0.1) is 0 Å². The Hall–Kier alpha value is -2.75. The maximum absolute atomic E-state index is 12.1. The van der Waals surface area contributed by atoms with Crippen LogP contribution in [0.4, 0.5) is 4.79 Å². The Kier molecular flexibility index (Phi) is 5.03. The molecule has 1 aromatic rings. The molecule has 0 spiro atoms. The zero-order chi connectivity index (χ0) is 18.8. The highest BCUT2D eigenvalue weighted by Crippen LogP contribution is 2.35. The number of nitrogens with zero attached hydrogens (tertiary/aromatic N) is 3. The van der Waals surface area contributed by atoms with Crippen molar-refractivity contribution in [1.29, 1.82) is 0 Å². The van der Waals surface area contributed by atoms with Gasteiger partial charge in [-0.3, -0.25) is 19.3 Å². The predicted molar refractivity (Wildman–Crippen MR) is 89.2 cm³/mol. The van der Waals surface area contributed by atoms with E-state index in [1.165, 1.54) is 25.1 Å². The summed E-state index contributed by atoms with van der Waals surface area (Å²) in [6, 6.07) is 0.930. The topological polar surface area (TPSA) is 125 Å². The number of rotatable bonds is 6. The first-order valence-electron chi connectivity index (χ1n) is 8.31. The van der Waals surface area contributed by atoms with Crippen LogP contribution in [0.2, 0.25) is 0 Å². The molecule has 1 aliphatic heterocycles. The van der Waals surface area contributed by atoms with E-state index in [0.29, 0.717) is 24.4 Å². The highest BCUT2D eigenvalue weighted by molar-refractivity contribution is 6.04. The molecule has 0 radical (unpaired) electrons. The monoisotopic (exact) mass is 363 g/mol. The molecule has 3 rings (SSSR count). The van der Waals surface area contributed by atoms with E-state index < -0.39 is 6.03 Å². The molecule has 1 aliphatic carbocycles. The third kappa shape index (κ3) is 3.74. The second-order valence-electron chi connectivity index (χ2n) is 6.60. The zero-order valence-electron chi connectivity index (χ0n) is 14.7. The molecule has 1 saturated heterocycles. The van der Waals surface area contributed by atoms with Gasteiger partial charge in [0.05, 0.1) is 5.69 Å². The van der Waals surface area contributed by atoms with Crippen molar-refractivity contribution in [2.24, 2.45) is 0 Å². The van der Waals surface area contributed by atoms with E-state index in [1.807, 2.05) is 0 Å². The van der Waals surface area contributed by atoms with Crippen LogP contribution < -0.4 is 10.9 Å². The van der Waals surface area contributed by atoms with Gasteiger partial charge in [0.15, 0.2) is 0 Å². The molecular formula is C16H21N5O5. The second kappa shape index (κ2) is 7.24. The molecule has 1 aromatic heterocycles. The largest absolute Gasteiger partial charge is 0.377 e. The molecule has 140 valence electrons. The Labute approximate surface area is 149 Å². The average Bonchev–Trinajstić information content (AvgIpc) is 2.76. The van der Waals surface area contributed by atoms with Gasteiger partial charge in [-0.2, -0.15) is 0 Å². The number of carbonyl (C=O) groups excluding carboxylic acids is 3. The first kappa shape index (κ1) is 18.1. The van der Waals surface area contributed by atoms with Gasteiger partial charge in [0.2, 0.25) is 5.91 Å². The fourth-order valence-corrected chi connectivity index (χ4v) is 3.16. The smallest absolute Gasteiger partial charge is 0.327 e. The summed E-state index contributed by atoms with van der Waals surface area (Å²) in [6.07, 6.45) is 1.30. The van der Waals surface area contributed by atoms with Crippen molar-refractivity contribution >= 4 is 17.8 Å². The molecule has 0 bridgehead atoms. The molecule has 26 heavy (non-hydrogen) atoms. The van der Waals surface area contributed by atoms with E-state index in [0.717, 1.165) is 4.90 Å². The molecule has 2 N–H and O–H groups in total. The van der Waals surface area contributed by atoms with Crippen molar-refractivity contribution in [3.63, 3.8) is 0 Å². The lowest BCUT2D eigenvalue weighted by atomic mass is 9.78. The Morgan fingerprint density at radius 3 is 2.73 bits per heavy atom. The minimum atomic E-state index is -0.463. The number of hydrogen-bond acceptors (Lipinski definition) is 6. The molecule has 0 unspecified atom stereocenters. The van der Waals surface area contributed by atoms with Crippen molar-refractivity contribution in [1.82, 2.24) is 25.1 Å². The molecule has 2 heterocycles. The van der Waals surface area contributed by atoms with Gasteiger partial charge in [-0.05, 0) is 12.8 Å². The van der Waals surface area contributed by atoms with Crippen molar-refractivity contribution < 1.29 is 19.1 Å². The van der Waals surface area contributed by atoms with E-state index in [1.54, 1.807) is 0 Å². The number of carbonyl (C=O) groups is 3. The molecule has 4 amide bonds. The van der Waals surface area contributed by atoms with Gasteiger partial charge in [-0.25, -0.2) is 9.78 Å². The summed E-state index contributed by atoms with van der Waals surface area (Å²) < 4.78 is 4.98. The number of hydrogen-bond donors (Lipinski definition) is 2. The number of likely N-dealkylation sites (N-methyl/N-ethyl adjacent to an activating group) is 1. The lowest BCUT2D eigenvalue weighted by Gasteiger charge is -2.35. The maximum Gasteiger partial charge on any atom is 0.327 e. The minimum Gasteiger partial charge on any atom is -0.377 e. The molecule has 2 fully saturated rings. The normalized spacial score (nSPS) is 22.5. The first-order chi connectivity index (χ1) is 12.4. The van der Waals surface area contributed by atoms with E-state index in [4.69, 9.17) is 4.74 Å². The van der Waals surface area contributed by atoms with Crippen LogP contribution in [0.3, 0.4) is 0 Å². The maximum atomic E-state index is 12.1. The van der Waals surface area contributed by atoms with E-state index in [9.17, 15) is 19.2 Å². The average molecular weight is 363 g/mol. The predicted octanol–water partition coefficient (Wildman–Crippen LogP) is -0.827. The number of urea groups is 1. The third-order valence-corrected chi connectivity index (χ3v) is 4.55. The van der Waals surface area contributed by atoms with Crippen LogP contribution in [-0.2, 0) is 20.9 Å². The summed E-state index contributed by atoms with van der Waals surface area (Å²) in [5.41, 5.74) is 0.447. The lowest BCUT2D eigenvalue weighted by molar-refractivity contribution is -0.131. The highest BCUT2D eigenvalue weighted by Gasteiger charge is 2.37. The van der Waals surface area contributed by atoms with E-state index >= 15 is 0 Å². The number of aromatic amines is 1. The third-order valence-electron chi connectivity index (χ3n) is 4.55. The van der Waals surface area contributed by atoms with Crippen molar-refractivity contribution in [3.8, 4) is 0 Å². The molecule has 2 aliphatic rings. The fourth-order valence-electron chi connectivity index (χ4n) is 3.16. The number of nitrogens with one attached hydrogen (secondary N) is 2. The van der Waals surface area contributed by atoms with Crippen LogP contribution in [0.1, 0.15) is 30.3 Å². The van der Waals surface area contributed by atoms with Gasteiger partial charge < -0.3 is 19.9 Å². The van der Waals surface area contributed by atoms with Crippen molar-refractivity contribution in [2.45, 2.75) is 31.4 Å². The van der Waals surface area contributed by atoms with Gasteiger partial charge in [0.25, 0.3) is 11.5 Å². The number of ether oxygens (including phenoxy) is 1. The second-order valence-corrected chi connectivity index (χ2v) is 6.60. The number of methoxy groups -OCH3 is 1. The summed E-state index contributed by atoms with van der Waals surface area (Å²) in [5.74, 6) is -0.195. The standard InChI is InChI=1S/C16H21N5O5/c1-20-7-15(24)21(16(20)25)6-14(23)17-10-3-9(4-10)11-5-13(22)19-12(18-11)8-26-2/h5,9-10H,3-4,6-8H2,1-2H3,(H,17,23)(H,18,19,22). The number of imide groups is 1. The van der Waals surface area contributed by atoms with Gasteiger partial charge in [-0.15, -0.1) is 0 Å². The Morgan fingerprint density at radius 1 is 1.38 bits per heavy atom. The summed E-state index contributed by atoms with van der Waals surface area (Å²) in [4.78, 5) is 56.4. The molecule has 0 atom stereocenters. The summed E-state index contributed by atoms with van der Waals surface area (Å²) >= 11 is 0. The van der Waals surface area contributed by atoms with Crippen molar-refractivity contribution in [2.75, 3.05) is 27.2 Å². The first-order valence-corrected chi connectivity index (χ1v) is 8.31. The Balaban J connectivity index is 1.51. The molecular weight excluding hydrogens is 342 g/mol. The van der Waals surface area contributed by atoms with Crippen LogP contribution >= 0.6 is 0 Å². The summed E-state index contributed by atoms with van der Waals surface area (Å²) in [7, 11) is 3.04. The van der Waals surface area contributed by atoms with Crippen LogP contribution in [0.15, 0.2) is 10.9 Å². The summed E-state index contributed by atoms with van der Waals surface area (Å²) in [6.45, 7) is -0.0532. The van der Waals surface area contributed by atoms with Crippen molar-refractivity contribution in [3.05, 3.63) is 27.9 Å². The van der Waals surface area contributed by atoms with E-state index in [-0.39, 0.29) is 49.0 Å². The van der Waals surface area contributed by atoms with Gasteiger partial charge in [0, 0.05) is 32.2 Å². The van der Waals surface area contributed by atoms with Gasteiger partial charge >= 0.3 is 6.03 Å². The van der Waals surface area contributed by atoms with Gasteiger partial charge in [-0.1, -0.05) is 0 Å². The highest BCUT2D eigenvalue weighted by atomic mass is 16.5. The molecule has 10 nitrogen and oxygen atoms in total. The van der Waals surface area contributed by atoms with Crippen LogP contribution in [-0.4, -0.2) is 70.9 Å². The Morgan fingerprint density at radius 2 is 2.12 bits per heavy atom. The van der Waals surface area contributed by atoms with Crippen LogP contribution in [0.5, 0.6) is 0 Å². The number of amides is 4. The number of H-pyrrole nitrogens is 1. The minimum absolute atomic E-state index is 0.00432. The summed E-state index contributed by atoms with van der Waals surface area (Å²) in [5, 5.41) is 2.81. The Bertz CT molecular complexity index is 785. The van der Waals surface area contributed by atoms with E-state index in [2.05, 4.69) is 15.3 Å². The molecule has 10 heteroatoms. The molecule has 1 saturated carbocycles. The SMILES string of the molecule is COCc1nc(C2CC(NC(=O)CN3C(=O)CN(C)C3=O)C2)cc(=O)[nH]1. The van der Waals surface area contributed by atoms with Crippen LogP contribution in [0.25, 0.3) is 0 Å². The number of aromatic nitrogens is 2. The fraction of sp³-hybridized carbons (Fsp3) is 0.562. The quantitative estimate of drug-likeness (QED) is 0.636. The molecule has 0 aromatic carbocycles. The zero-order valence-corrected chi connectivity index (χ0v) is 14.7. The van der Waals surface area contributed by atoms with Gasteiger partial charge in [0.1, 0.15) is 25.5 Å².